The van der Waals surface area contributed by atoms with Crippen molar-refractivity contribution in [3.05, 3.63) is 58.7 Å². The Bertz CT molecular complexity index is 779. The Morgan fingerprint density at radius 1 is 1.07 bits per heavy atom. The zero-order chi connectivity index (χ0) is 20.7. The van der Waals surface area contributed by atoms with Crippen molar-refractivity contribution in [2.45, 2.75) is 59.5 Å². The van der Waals surface area contributed by atoms with Gasteiger partial charge in [0.15, 0.2) is 0 Å². The van der Waals surface area contributed by atoms with Crippen LogP contribution in [0.5, 0.6) is 11.5 Å². The van der Waals surface area contributed by atoms with E-state index < -0.39 is 0 Å². The number of amides is 1. The number of carbonyl (C=O) groups excluding carboxylic acids is 1. The van der Waals surface area contributed by atoms with Gasteiger partial charge in [0, 0.05) is 12.1 Å². The number of rotatable bonds is 9. The maximum atomic E-state index is 12.6. The highest BCUT2D eigenvalue weighted by molar-refractivity contribution is 5.96. The summed E-state index contributed by atoms with van der Waals surface area (Å²) >= 11 is 0. The van der Waals surface area contributed by atoms with Crippen molar-refractivity contribution >= 4 is 5.91 Å². The van der Waals surface area contributed by atoms with E-state index in [4.69, 9.17) is 9.47 Å². The molecule has 0 saturated carbocycles. The van der Waals surface area contributed by atoms with Gasteiger partial charge in [-0.05, 0) is 80.5 Å². The number of hydrogen-bond acceptors (Lipinski definition) is 3. The number of hydrogen-bond donors (Lipinski definition) is 1. The highest BCUT2D eigenvalue weighted by atomic mass is 16.5. The van der Waals surface area contributed by atoms with Crippen molar-refractivity contribution in [1.82, 2.24) is 5.32 Å². The van der Waals surface area contributed by atoms with Crippen LogP contribution >= 0.6 is 0 Å². The van der Waals surface area contributed by atoms with Crippen LogP contribution in [-0.2, 0) is 6.42 Å². The van der Waals surface area contributed by atoms with Crippen LogP contribution in [0.1, 0.15) is 67.1 Å². The first-order chi connectivity index (χ1) is 13.3. The second kappa shape index (κ2) is 10.2. The summed E-state index contributed by atoms with van der Waals surface area (Å²) in [6.45, 7) is 10.8. The predicted molar refractivity (Wildman–Crippen MR) is 115 cm³/mol. The molecular formula is C24H33NO3. The molecule has 0 aliphatic carbocycles. The summed E-state index contributed by atoms with van der Waals surface area (Å²) in [7, 11) is 1.67. The van der Waals surface area contributed by atoms with E-state index in [-0.39, 0.29) is 12.0 Å². The lowest BCUT2D eigenvalue weighted by atomic mass is 9.96. The van der Waals surface area contributed by atoms with Gasteiger partial charge in [0.2, 0.25) is 0 Å². The van der Waals surface area contributed by atoms with E-state index in [1.54, 1.807) is 7.11 Å². The molecule has 0 aromatic heterocycles. The van der Waals surface area contributed by atoms with Crippen molar-refractivity contribution in [3.63, 3.8) is 0 Å². The zero-order valence-electron chi connectivity index (χ0n) is 18.0. The molecule has 2 rings (SSSR count). The standard InChI is InChI=1S/C24H33NO3/c1-16(2)21-15-22(18(5)14-23(21)27-6)24(26)25-13-7-8-19-9-11-20(12-10-19)28-17(3)4/h9-12,14-17H,7-8,13H2,1-6H3,(H,25,26). The number of methoxy groups -OCH3 is 1. The molecule has 4 heteroatoms. The van der Waals surface area contributed by atoms with Crippen LogP contribution in [-0.4, -0.2) is 25.7 Å². The van der Waals surface area contributed by atoms with Gasteiger partial charge in [-0.3, -0.25) is 4.79 Å². The summed E-state index contributed by atoms with van der Waals surface area (Å²) in [4.78, 5) is 12.6. The van der Waals surface area contributed by atoms with Crippen LogP contribution in [0, 0.1) is 6.92 Å². The maximum Gasteiger partial charge on any atom is 0.251 e. The van der Waals surface area contributed by atoms with Gasteiger partial charge in [0.05, 0.1) is 13.2 Å². The Kier molecular flexibility index (Phi) is 7.91. The summed E-state index contributed by atoms with van der Waals surface area (Å²) in [5.74, 6) is 2.00. The third-order valence-corrected chi connectivity index (χ3v) is 4.67. The van der Waals surface area contributed by atoms with Crippen molar-refractivity contribution in [1.29, 1.82) is 0 Å². The van der Waals surface area contributed by atoms with Crippen molar-refractivity contribution in [2.75, 3.05) is 13.7 Å². The summed E-state index contributed by atoms with van der Waals surface area (Å²) in [6, 6.07) is 12.1. The van der Waals surface area contributed by atoms with Crippen molar-refractivity contribution in [3.8, 4) is 11.5 Å². The van der Waals surface area contributed by atoms with Crippen LogP contribution in [0.2, 0.25) is 0 Å². The molecule has 4 nitrogen and oxygen atoms in total. The Labute approximate surface area is 169 Å². The van der Waals surface area contributed by atoms with Gasteiger partial charge in [0.1, 0.15) is 11.5 Å². The van der Waals surface area contributed by atoms with Crippen LogP contribution in [0.25, 0.3) is 0 Å². The Balaban J connectivity index is 1.89. The molecule has 1 N–H and O–H groups in total. The summed E-state index contributed by atoms with van der Waals surface area (Å²) in [5.41, 5.74) is 3.95. The molecule has 2 aromatic rings. The molecule has 2 aromatic carbocycles. The lowest BCUT2D eigenvalue weighted by Crippen LogP contribution is -2.25. The molecule has 0 unspecified atom stereocenters. The maximum absolute atomic E-state index is 12.6. The minimum Gasteiger partial charge on any atom is -0.496 e. The molecule has 0 radical (unpaired) electrons. The van der Waals surface area contributed by atoms with E-state index in [1.165, 1.54) is 5.56 Å². The number of carbonyl (C=O) groups is 1. The first-order valence-corrected chi connectivity index (χ1v) is 10.0. The fraction of sp³-hybridized carbons (Fsp3) is 0.458. The topological polar surface area (TPSA) is 47.6 Å². The number of ether oxygens (including phenoxy) is 2. The van der Waals surface area contributed by atoms with Gasteiger partial charge < -0.3 is 14.8 Å². The Morgan fingerprint density at radius 2 is 1.75 bits per heavy atom. The monoisotopic (exact) mass is 383 g/mol. The average Bonchev–Trinajstić information content (AvgIpc) is 2.65. The molecule has 0 saturated heterocycles. The first kappa shape index (κ1) is 21.8. The van der Waals surface area contributed by atoms with E-state index in [9.17, 15) is 4.79 Å². The highest BCUT2D eigenvalue weighted by Gasteiger charge is 2.15. The lowest BCUT2D eigenvalue weighted by molar-refractivity contribution is 0.0952. The molecule has 1 amide bonds. The quantitative estimate of drug-likeness (QED) is 0.600. The minimum atomic E-state index is -0.0252. The van der Waals surface area contributed by atoms with Crippen LogP contribution in [0.4, 0.5) is 0 Å². The van der Waals surface area contributed by atoms with E-state index in [0.717, 1.165) is 41.0 Å². The summed E-state index contributed by atoms with van der Waals surface area (Å²) in [5, 5.41) is 3.05. The molecule has 0 spiro atoms. The third-order valence-electron chi connectivity index (χ3n) is 4.67. The van der Waals surface area contributed by atoms with Gasteiger partial charge in [-0.1, -0.05) is 26.0 Å². The molecule has 0 fully saturated rings. The number of nitrogens with one attached hydrogen (secondary N) is 1. The van der Waals surface area contributed by atoms with Gasteiger partial charge in [-0.15, -0.1) is 0 Å². The normalized spacial score (nSPS) is 11.0. The third kappa shape index (κ3) is 6.01. The Morgan fingerprint density at radius 3 is 2.32 bits per heavy atom. The van der Waals surface area contributed by atoms with E-state index in [2.05, 4.69) is 31.3 Å². The molecule has 152 valence electrons. The van der Waals surface area contributed by atoms with Crippen LogP contribution in [0.15, 0.2) is 36.4 Å². The molecule has 0 bridgehead atoms. The summed E-state index contributed by atoms with van der Waals surface area (Å²) < 4.78 is 11.1. The van der Waals surface area contributed by atoms with Gasteiger partial charge in [0.25, 0.3) is 5.91 Å². The van der Waals surface area contributed by atoms with Crippen LogP contribution in [0.3, 0.4) is 0 Å². The molecule has 0 aliphatic rings. The number of benzene rings is 2. The second-order valence-corrected chi connectivity index (χ2v) is 7.73. The first-order valence-electron chi connectivity index (χ1n) is 10.0. The Hall–Kier alpha value is -2.49. The fourth-order valence-electron chi connectivity index (χ4n) is 3.17. The number of aryl methyl sites for hydroxylation is 2. The molecule has 0 aliphatic heterocycles. The van der Waals surface area contributed by atoms with Crippen molar-refractivity contribution < 1.29 is 14.3 Å². The van der Waals surface area contributed by atoms with E-state index in [0.29, 0.717) is 12.5 Å². The van der Waals surface area contributed by atoms with Gasteiger partial charge in [-0.2, -0.15) is 0 Å². The lowest BCUT2D eigenvalue weighted by Gasteiger charge is -2.16. The van der Waals surface area contributed by atoms with Crippen LogP contribution < -0.4 is 14.8 Å². The second-order valence-electron chi connectivity index (χ2n) is 7.73. The average molecular weight is 384 g/mol. The van der Waals surface area contributed by atoms with Gasteiger partial charge in [-0.25, -0.2) is 0 Å². The van der Waals surface area contributed by atoms with E-state index >= 15 is 0 Å². The fourth-order valence-corrected chi connectivity index (χ4v) is 3.17. The molecule has 0 heterocycles. The van der Waals surface area contributed by atoms with Gasteiger partial charge >= 0.3 is 0 Å². The zero-order valence-corrected chi connectivity index (χ0v) is 18.0. The molecule has 28 heavy (non-hydrogen) atoms. The smallest absolute Gasteiger partial charge is 0.251 e. The SMILES string of the molecule is COc1cc(C)c(C(=O)NCCCc2ccc(OC(C)C)cc2)cc1C(C)C. The highest BCUT2D eigenvalue weighted by Crippen LogP contribution is 2.29. The minimum absolute atomic E-state index is 0.0252. The largest absolute Gasteiger partial charge is 0.496 e. The van der Waals surface area contributed by atoms with Crippen molar-refractivity contribution in [2.24, 2.45) is 0 Å². The van der Waals surface area contributed by atoms with E-state index in [1.807, 2.05) is 45.0 Å². The summed E-state index contributed by atoms with van der Waals surface area (Å²) in [6.07, 6.45) is 1.99. The predicted octanol–water partition coefficient (Wildman–Crippen LogP) is 5.28. The molecular weight excluding hydrogens is 350 g/mol. The molecule has 0 atom stereocenters.